The molecule has 0 spiro atoms. The summed E-state index contributed by atoms with van der Waals surface area (Å²) in [5.74, 6) is 0.578. The maximum Gasteiger partial charge on any atom is 0.306 e. The van der Waals surface area contributed by atoms with E-state index in [9.17, 15) is 9.90 Å². The average Bonchev–Trinajstić information content (AvgIpc) is 3.03. The summed E-state index contributed by atoms with van der Waals surface area (Å²) in [6.07, 6.45) is 2.13. The van der Waals surface area contributed by atoms with Crippen LogP contribution in [0.2, 0.25) is 0 Å². The number of fused-ring (bicyclic) bond motifs is 1. The highest BCUT2D eigenvalue weighted by Crippen LogP contribution is 2.35. The summed E-state index contributed by atoms with van der Waals surface area (Å²) in [4.78, 5) is 15.3. The van der Waals surface area contributed by atoms with Crippen LogP contribution in [-0.2, 0) is 9.53 Å². The lowest BCUT2D eigenvalue weighted by molar-refractivity contribution is -0.143. The first-order valence-corrected chi connectivity index (χ1v) is 8.22. The second-order valence-electron chi connectivity index (χ2n) is 5.81. The fourth-order valence-electron chi connectivity index (χ4n) is 3.06. The Labute approximate surface area is 146 Å². The Bertz CT molecular complexity index is 867. The van der Waals surface area contributed by atoms with Gasteiger partial charge in [-0.3, -0.25) is 4.79 Å². The Morgan fingerprint density at radius 2 is 1.96 bits per heavy atom. The standard InChI is InChI=1S/C20H21NO4/c1-3-25-20(23)11-17(13-4-7-15(24-2)8-5-13)18-12-21-19-10-14(22)6-9-16(18)19/h4-10,12,17,21-22H,3,11H2,1-2H3. The minimum Gasteiger partial charge on any atom is -0.508 e. The van der Waals surface area contributed by atoms with Gasteiger partial charge in [0.15, 0.2) is 0 Å². The van der Waals surface area contributed by atoms with Crippen LogP contribution in [0.15, 0.2) is 48.7 Å². The van der Waals surface area contributed by atoms with Crippen molar-refractivity contribution in [3.05, 3.63) is 59.8 Å². The van der Waals surface area contributed by atoms with Gasteiger partial charge in [0, 0.05) is 29.1 Å². The molecule has 1 unspecified atom stereocenters. The summed E-state index contributed by atoms with van der Waals surface area (Å²) in [6, 6.07) is 12.9. The molecular formula is C20H21NO4. The molecule has 3 aromatic rings. The number of phenols is 1. The summed E-state index contributed by atoms with van der Waals surface area (Å²) in [6.45, 7) is 2.16. The number of carbonyl (C=O) groups is 1. The van der Waals surface area contributed by atoms with E-state index in [4.69, 9.17) is 9.47 Å². The van der Waals surface area contributed by atoms with Gasteiger partial charge in [-0.25, -0.2) is 0 Å². The molecule has 1 atom stereocenters. The zero-order valence-corrected chi connectivity index (χ0v) is 14.3. The number of hydrogen-bond donors (Lipinski definition) is 2. The number of methoxy groups -OCH3 is 1. The highest BCUT2D eigenvalue weighted by atomic mass is 16.5. The number of phenolic OH excluding ortho intramolecular Hbond substituents is 1. The maximum absolute atomic E-state index is 12.1. The van der Waals surface area contributed by atoms with Crippen molar-refractivity contribution in [3.8, 4) is 11.5 Å². The van der Waals surface area contributed by atoms with Crippen LogP contribution in [-0.4, -0.2) is 29.8 Å². The van der Waals surface area contributed by atoms with Crippen LogP contribution < -0.4 is 4.74 Å². The van der Waals surface area contributed by atoms with Crippen molar-refractivity contribution in [2.75, 3.05) is 13.7 Å². The van der Waals surface area contributed by atoms with E-state index in [1.807, 2.05) is 36.5 Å². The van der Waals surface area contributed by atoms with Crippen LogP contribution in [0.1, 0.15) is 30.4 Å². The number of carbonyl (C=O) groups excluding carboxylic acids is 1. The molecule has 0 aliphatic heterocycles. The van der Waals surface area contributed by atoms with Crippen LogP contribution in [0.3, 0.4) is 0 Å². The molecule has 5 nitrogen and oxygen atoms in total. The van der Waals surface area contributed by atoms with E-state index >= 15 is 0 Å². The summed E-state index contributed by atoms with van der Waals surface area (Å²) in [5.41, 5.74) is 2.83. The van der Waals surface area contributed by atoms with Crippen molar-refractivity contribution in [3.63, 3.8) is 0 Å². The van der Waals surface area contributed by atoms with Crippen molar-refractivity contribution in [2.45, 2.75) is 19.3 Å². The lowest BCUT2D eigenvalue weighted by Crippen LogP contribution is -2.11. The van der Waals surface area contributed by atoms with Crippen LogP contribution in [0, 0.1) is 0 Å². The van der Waals surface area contributed by atoms with Crippen molar-refractivity contribution in [1.29, 1.82) is 0 Å². The summed E-state index contributed by atoms with van der Waals surface area (Å²) < 4.78 is 10.4. The predicted octanol–water partition coefficient (Wildman–Crippen LogP) is 3.97. The number of hydrogen-bond acceptors (Lipinski definition) is 4. The molecular weight excluding hydrogens is 318 g/mol. The minimum absolute atomic E-state index is 0.150. The summed E-state index contributed by atoms with van der Waals surface area (Å²) in [5, 5.41) is 10.6. The fraction of sp³-hybridized carbons (Fsp3) is 0.250. The third-order valence-corrected chi connectivity index (χ3v) is 4.27. The third kappa shape index (κ3) is 3.60. The van der Waals surface area contributed by atoms with Gasteiger partial charge in [-0.05, 0) is 42.3 Å². The van der Waals surface area contributed by atoms with E-state index in [0.717, 1.165) is 27.8 Å². The normalized spacial score (nSPS) is 12.1. The van der Waals surface area contributed by atoms with Gasteiger partial charge in [0.05, 0.1) is 20.1 Å². The van der Waals surface area contributed by atoms with E-state index in [-0.39, 0.29) is 24.1 Å². The molecule has 130 valence electrons. The number of H-pyrrole nitrogens is 1. The molecule has 0 saturated heterocycles. The first kappa shape index (κ1) is 16.9. The molecule has 0 radical (unpaired) electrons. The molecule has 1 aromatic heterocycles. The Morgan fingerprint density at radius 1 is 1.20 bits per heavy atom. The van der Waals surface area contributed by atoms with E-state index in [1.54, 1.807) is 26.2 Å². The van der Waals surface area contributed by atoms with Crippen LogP contribution >= 0.6 is 0 Å². The number of nitrogens with one attached hydrogen (secondary N) is 1. The van der Waals surface area contributed by atoms with Gasteiger partial charge < -0.3 is 19.6 Å². The molecule has 2 N–H and O–H groups in total. The van der Waals surface area contributed by atoms with Crippen LogP contribution in [0.25, 0.3) is 10.9 Å². The number of aromatic nitrogens is 1. The molecule has 1 heterocycles. The zero-order valence-electron chi connectivity index (χ0n) is 14.3. The quantitative estimate of drug-likeness (QED) is 0.667. The van der Waals surface area contributed by atoms with Crippen LogP contribution in [0.4, 0.5) is 0 Å². The largest absolute Gasteiger partial charge is 0.508 e. The molecule has 0 amide bonds. The van der Waals surface area contributed by atoms with Crippen molar-refractivity contribution in [2.24, 2.45) is 0 Å². The smallest absolute Gasteiger partial charge is 0.306 e. The van der Waals surface area contributed by atoms with E-state index in [1.165, 1.54) is 0 Å². The van der Waals surface area contributed by atoms with Gasteiger partial charge in [0.2, 0.25) is 0 Å². The maximum atomic E-state index is 12.1. The first-order valence-electron chi connectivity index (χ1n) is 8.22. The Balaban J connectivity index is 2.03. The molecule has 0 aliphatic carbocycles. The molecule has 0 saturated carbocycles. The van der Waals surface area contributed by atoms with Crippen LogP contribution in [0.5, 0.6) is 11.5 Å². The lowest BCUT2D eigenvalue weighted by Gasteiger charge is -2.17. The van der Waals surface area contributed by atoms with Gasteiger partial charge in [-0.15, -0.1) is 0 Å². The summed E-state index contributed by atoms with van der Waals surface area (Å²) >= 11 is 0. The first-order chi connectivity index (χ1) is 12.1. The van der Waals surface area contributed by atoms with E-state index in [0.29, 0.717) is 6.61 Å². The second-order valence-corrected chi connectivity index (χ2v) is 5.81. The third-order valence-electron chi connectivity index (χ3n) is 4.27. The Hall–Kier alpha value is -2.95. The lowest BCUT2D eigenvalue weighted by atomic mass is 9.88. The number of esters is 1. The molecule has 0 bridgehead atoms. The average molecular weight is 339 g/mol. The number of aromatic hydroxyl groups is 1. The zero-order chi connectivity index (χ0) is 17.8. The second kappa shape index (κ2) is 7.30. The van der Waals surface area contributed by atoms with E-state index in [2.05, 4.69) is 4.98 Å². The molecule has 25 heavy (non-hydrogen) atoms. The Kier molecular flexibility index (Phi) is 4.93. The van der Waals surface area contributed by atoms with Crippen molar-refractivity contribution < 1.29 is 19.4 Å². The Morgan fingerprint density at radius 3 is 2.64 bits per heavy atom. The number of rotatable bonds is 6. The number of aromatic amines is 1. The van der Waals surface area contributed by atoms with E-state index < -0.39 is 0 Å². The molecule has 0 fully saturated rings. The SMILES string of the molecule is CCOC(=O)CC(c1ccc(OC)cc1)c1c[nH]c2cc(O)ccc12. The van der Waals surface area contributed by atoms with Gasteiger partial charge in [-0.1, -0.05) is 12.1 Å². The highest BCUT2D eigenvalue weighted by Gasteiger charge is 2.22. The number of benzene rings is 2. The fourth-order valence-corrected chi connectivity index (χ4v) is 3.06. The van der Waals surface area contributed by atoms with Crippen molar-refractivity contribution >= 4 is 16.9 Å². The molecule has 5 heteroatoms. The predicted molar refractivity (Wildman–Crippen MR) is 96.1 cm³/mol. The van der Waals surface area contributed by atoms with Crippen molar-refractivity contribution in [1.82, 2.24) is 4.98 Å². The summed E-state index contributed by atoms with van der Waals surface area (Å²) in [7, 11) is 1.62. The van der Waals surface area contributed by atoms with Gasteiger partial charge in [-0.2, -0.15) is 0 Å². The topological polar surface area (TPSA) is 71.5 Å². The van der Waals surface area contributed by atoms with Gasteiger partial charge in [0.25, 0.3) is 0 Å². The molecule has 2 aromatic carbocycles. The monoisotopic (exact) mass is 339 g/mol. The van der Waals surface area contributed by atoms with Gasteiger partial charge >= 0.3 is 5.97 Å². The minimum atomic E-state index is -0.239. The van der Waals surface area contributed by atoms with Gasteiger partial charge in [0.1, 0.15) is 11.5 Å². The molecule has 0 aliphatic rings. The number of ether oxygens (including phenoxy) is 2. The molecule has 3 rings (SSSR count). The highest BCUT2D eigenvalue weighted by molar-refractivity contribution is 5.86.